The first-order valence-corrected chi connectivity index (χ1v) is 6.72. The molecule has 0 amide bonds. The van der Waals surface area contributed by atoms with Crippen molar-refractivity contribution in [3.63, 3.8) is 0 Å². The van der Waals surface area contributed by atoms with Crippen molar-refractivity contribution in [2.75, 3.05) is 12.4 Å². The fourth-order valence-corrected chi connectivity index (χ4v) is 2.22. The molecule has 4 heteroatoms. The highest BCUT2D eigenvalue weighted by atomic mass is 15.0. The summed E-state index contributed by atoms with van der Waals surface area (Å²) in [5, 5.41) is 3.18. The van der Waals surface area contributed by atoms with Gasteiger partial charge in [0.05, 0.1) is 5.69 Å². The Hall–Kier alpha value is -1.97. The van der Waals surface area contributed by atoms with E-state index in [1.165, 1.54) is 18.4 Å². The first kappa shape index (κ1) is 12.1. The number of hydrogen-bond donors (Lipinski definition) is 1. The second-order valence-corrected chi connectivity index (χ2v) is 5.06. The summed E-state index contributed by atoms with van der Waals surface area (Å²) in [5.41, 5.74) is 3.43. The Kier molecular flexibility index (Phi) is 3.15. The summed E-state index contributed by atoms with van der Waals surface area (Å²) in [6, 6.07) is 4.05. The van der Waals surface area contributed by atoms with E-state index >= 15 is 0 Å². The Labute approximate surface area is 113 Å². The van der Waals surface area contributed by atoms with E-state index in [1.54, 1.807) is 6.20 Å². The third-order valence-electron chi connectivity index (χ3n) is 3.54. The van der Waals surface area contributed by atoms with Crippen LogP contribution in [0, 0.1) is 6.92 Å². The number of pyridine rings is 1. The Bertz CT molecular complexity index is 576. The Morgan fingerprint density at radius 3 is 2.79 bits per heavy atom. The van der Waals surface area contributed by atoms with Crippen LogP contribution in [0.15, 0.2) is 24.5 Å². The summed E-state index contributed by atoms with van der Waals surface area (Å²) < 4.78 is 0. The van der Waals surface area contributed by atoms with E-state index in [2.05, 4.69) is 28.3 Å². The van der Waals surface area contributed by atoms with Crippen molar-refractivity contribution in [1.82, 2.24) is 15.0 Å². The summed E-state index contributed by atoms with van der Waals surface area (Å²) >= 11 is 0. The molecule has 3 rings (SSSR count). The maximum absolute atomic E-state index is 4.76. The van der Waals surface area contributed by atoms with Gasteiger partial charge in [0.2, 0.25) is 0 Å². The van der Waals surface area contributed by atoms with E-state index in [-0.39, 0.29) is 0 Å². The van der Waals surface area contributed by atoms with Gasteiger partial charge in [-0.05, 0) is 31.4 Å². The van der Waals surface area contributed by atoms with Crippen LogP contribution in [-0.2, 0) is 6.42 Å². The minimum atomic E-state index is 0.570. The van der Waals surface area contributed by atoms with Gasteiger partial charge in [0.15, 0.2) is 0 Å². The van der Waals surface area contributed by atoms with Gasteiger partial charge in [-0.25, -0.2) is 9.97 Å². The lowest BCUT2D eigenvalue weighted by Gasteiger charge is -2.12. The predicted molar refractivity (Wildman–Crippen MR) is 75.3 cm³/mol. The lowest BCUT2D eigenvalue weighted by Crippen LogP contribution is -2.07. The topological polar surface area (TPSA) is 50.7 Å². The van der Waals surface area contributed by atoms with Crippen molar-refractivity contribution in [2.24, 2.45) is 0 Å². The lowest BCUT2D eigenvalue weighted by molar-refractivity contribution is 0.875. The van der Waals surface area contributed by atoms with E-state index < -0.39 is 0 Å². The minimum Gasteiger partial charge on any atom is -0.373 e. The van der Waals surface area contributed by atoms with Crippen molar-refractivity contribution in [1.29, 1.82) is 0 Å². The minimum absolute atomic E-state index is 0.570. The van der Waals surface area contributed by atoms with Crippen molar-refractivity contribution < 1.29 is 0 Å². The van der Waals surface area contributed by atoms with Crippen LogP contribution in [0.25, 0.3) is 0 Å². The van der Waals surface area contributed by atoms with E-state index in [4.69, 9.17) is 4.98 Å². The maximum atomic E-state index is 4.76. The number of hydrogen-bond acceptors (Lipinski definition) is 4. The molecule has 1 N–H and O–H groups in total. The Morgan fingerprint density at radius 2 is 2.16 bits per heavy atom. The Morgan fingerprint density at radius 1 is 1.32 bits per heavy atom. The van der Waals surface area contributed by atoms with Crippen LogP contribution in [0.5, 0.6) is 0 Å². The van der Waals surface area contributed by atoms with E-state index in [0.29, 0.717) is 5.92 Å². The highest BCUT2D eigenvalue weighted by molar-refractivity contribution is 5.47. The van der Waals surface area contributed by atoms with Crippen molar-refractivity contribution in [3.05, 3.63) is 47.2 Å². The molecule has 19 heavy (non-hydrogen) atoms. The van der Waals surface area contributed by atoms with Crippen LogP contribution < -0.4 is 5.32 Å². The number of anilines is 1. The molecule has 0 aliphatic heterocycles. The predicted octanol–water partition coefficient (Wildman–Crippen LogP) is 2.69. The molecule has 0 unspecified atom stereocenters. The molecule has 0 bridgehead atoms. The van der Waals surface area contributed by atoms with Crippen LogP contribution in [0.3, 0.4) is 0 Å². The van der Waals surface area contributed by atoms with Gasteiger partial charge in [-0.3, -0.25) is 4.98 Å². The van der Waals surface area contributed by atoms with Crippen LogP contribution >= 0.6 is 0 Å². The zero-order valence-electron chi connectivity index (χ0n) is 11.3. The van der Waals surface area contributed by atoms with Crippen molar-refractivity contribution in [2.45, 2.75) is 32.1 Å². The molecule has 2 aromatic rings. The number of nitrogens with one attached hydrogen (secondary N) is 1. The molecule has 0 radical (unpaired) electrons. The summed E-state index contributed by atoms with van der Waals surface area (Å²) in [5.74, 6) is 2.52. The maximum Gasteiger partial charge on any atom is 0.134 e. The van der Waals surface area contributed by atoms with Crippen LogP contribution in [0.2, 0.25) is 0 Å². The van der Waals surface area contributed by atoms with Gasteiger partial charge >= 0.3 is 0 Å². The van der Waals surface area contributed by atoms with E-state index in [0.717, 1.165) is 29.3 Å². The molecule has 0 aromatic carbocycles. The zero-order chi connectivity index (χ0) is 13.2. The normalized spacial score (nSPS) is 14.4. The average molecular weight is 254 g/mol. The number of rotatable bonds is 4. The zero-order valence-corrected chi connectivity index (χ0v) is 11.3. The first-order chi connectivity index (χ1) is 9.28. The summed E-state index contributed by atoms with van der Waals surface area (Å²) in [6.45, 7) is 2.08. The van der Waals surface area contributed by atoms with Crippen LogP contribution in [-0.4, -0.2) is 22.0 Å². The molecule has 98 valence electrons. The SMILES string of the molecule is CNc1nc(C2CC2)nc(Cc2cccnc2)c1C. The van der Waals surface area contributed by atoms with E-state index in [9.17, 15) is 0 Å². The fourth-order valence-electron chi connectivity index (χ4n) is 2.22. The average Bonchev–Trinajstić information content (AvgIpc) is 3.27. The lowest BCUT2D eigenvalue weighted by atomic mass is 10.1. The van der Waals surface area contributed by atoms with Gasteiger partial charge in [-0.15, -0.1) is 0 Å². The largest absolute Gasteiger partial charge is 0.373 e. The van der Waals surface area contributed by atoms with Gasteiger partial charge in [-0.1, -0.05) is 6.07 Å². The highest BCUT2D eigenvalue weighted by Gasteiger charge is 2.28. The summed E-state index contributed by atoms with van der Waals surface area (Å²) in [4.78, 5) is 13.5. The molecule has 1 aliphatic rings. The Balaban J connectivity index is 1.97. The van der Waals surface area contributed by atoms with E-state index in [1.807, 2.05) is 19.3 Å². The number of nitrogens with zero attached hydrogens (tertiary/aromatic N) is 3. The summed E-state index contributed by atoms with van der Waals surface area (Å²) in [6.07, 6.45) is 6.95. The molecule has 0 spiro atoms. The summed E-state index contributed by atoms with van der Waals surface area (Å²) in [7, 11) is 1.92. The van der Waals surface area contributed by atoms with Gasteiger partial charge in [0.1, 0.15) is 11.6 Å². The first-order valence-electron chi connectivity index (χ1n) is 6.72. The molecular formula is C15H18N4. The molecule has 0 atom stereocenters. The molecular weight excluding hydrogens is 236 g/mol. The third kappa shape index (κ3) is 2.57. The molecule has 4 nitrogen and oxygen atoms in total. The van der Waals surface area contributed by atoms with Crippen LogP contribution in [0.1, 0.15) is 41.4 Å². The number of aromatic nitrogens is 3. The molecule has 2 heterocycles. The quantitative estimate of drug-likeness (QED) is 0.911. The molecule has 0 saturated heterocycles. The van der Waals surface area contributed by atoms with Crippen LogP contribution in [0.4, 0.5) is 5.82 Å². The second-order valence-electron chi connectivity index (χ2n) is 5.06. The molecule has 1 aliphatic carbocycles. The highest BCUT2D eigenvalue weighted by Crippen LogP contribution is 2.39. The van der Waals surface area contributed by atoms with Gasteiger partial charge in [0, 0.05) is 37.3 Å². The fraction of sp³-hybridized carbons (Fsp3) is 0.400. The smallest absolute Gasteiger partial charge is 0.134 e. The van der Waals surface area contributed by atoms with Gasteiger partial charge in [0.25, 0.3) is 0 Å². The standard InChI is InChI=1S/C15H18N4/c1-10-13(8-11-4-3-7-17-9-11)18-15(12-5-6-12)19-14(10)16-2/h3-4,7,9,12H,5-6,8H2,1-2H3,(H,16,18,19). The van der Waals surface area contributed by atoms with Crippen molar-refractivity contribution in [3.8, 4) is 0 Å². The molecule has 2 aromatic heterocycles. The third-order valence-corrected chi connectivity index (χ3v) is 3.54. The second kappa shape index (κ2) is 4.96. The molecule has 1 fully saturated rings. The monoisotopic (exact) mass is 254 g/mol. The molecule has 1 saturated carbocycles. The van der Waals surface area contributed by atoms with Gasteiger partial charge in [-0.2, -0.15) is 0 Å². The van der Waals surface area contributed by atoms with Crippen molar-refractivity contribution >= 4 is 5.82 Å². The van der Waals surface area contributed by atoms with Gasteiger partial charge < -0.3 is 5.32 Å².